The van der Waals surface area contributed by atoms with E-state index in [4.69, 9.17) is 5.11 Å². The van der Waals surface area contributed by atoms with Crippen molar-refractivity contribution < 1.29 is 19.5 Å². The quantitative estimate of drug-likeness (QED) is 0.695. The van der Waals surface area contributed by atoms with Gasteiger partial charge >= 0.3 is 5.97 Å². The number of carboxylic acids is 1. The number of aliphatic carboxylic acids is 1. The lowest BCUT2D eigenvalue weighted by Crippen LogP contribution is -2.40. The van der Waals surface area contributed by atoms with E-state index in [-0.39, 0.29) is 5.56 Å². The van der Waals surface area contributed by atoms with Gasteiger partial charge in [-0.3, -0.25) is 19.4 Å². The topological polar surface area (TPSA) is 96.4 Å². The Labute approximate surface area is 116 Å². The van der Waals surface area contributed by atoms with Crippen LogP contribution in [0.1, 0.15) is 16.8 Å². The van der Waals surface area contributed by atoms with Crippen LogP contribution < -0.4 is 5.32 Å². The number of carboxylic acid groups (broad SMARTS) is 1. The molecule has 0 unspecified atom stereocenters. The minimum absolute atomic E-state index is 0.217. The SMILES string of the molecule is O=C(O)C[C@H](NC(=O)c1cncc(Br)c1)C(=O)S. The van der Waals surface area contributed by atoms with Crippen molar-refractivity contribution in [2.24, 2.45) is 0 Å². The molecule has 0 aliphatic rings. The molecule has 1 atom stereocenters. The molecule has 1 aromatic rings. The molecule has 0 radical (unpaired) electrons. The molecule has 6 nitrogen and oxygen atoms in total. The van der Waals surface area contributed by atoms with Gasteiger partial charge in [0.1, 0.15) is 6.04 Å². The highest BCUT2D eigenvalue weighted by atomic mass is 79.9. The smallest absolute Gasteiger partial charge is 0.305 e. The fraction of sp³-hybridized carbons (Fsp3) is 0.200. The van der Waals surface area contributed by atoms with Crippen molar-refractivity contribution in [3.05, 3.63) is 28.5 Å². The normalized spacial score (nSPS) is 11.7. The maximum absolute atomic E-state index is 11.7. The molecule has 18 heavy (non-hydrogen) atoms. The van der Waals surface area contributed by atoms with Crippen LogP contribution in [0.3, 0.4) is 0 Å². The first-order valence-electron chi connectivity index (χ1n) is 4.76. The van der Waals surface area contributed by atoms with E-state index in [1.165, 1.54) is 18.5 Å². The average molecular weight is 333 g/mol. The fourth-order valence-corrected chi connectivity index (χ4v) is 1.67. The number of thiol groups is 1. The van der Waals surface area contributed by atoms with Crippen molar-refractivity contribution in [2.75, 3.05) is 0 Å². The predicted molar refractivity (Wildman–Crippen MR) is 69.4 cm³/mol. The fourth-order valence-electron chi connectivity index (χ4n) is 1.15. The van der Waals surface area contributed by atoms with Gasteiger partial charge in [-0.2, -0.15) is 0 Å². The number of hydrogen-bond donors (Lipinski definition) is 3. The lowest BCUT2D eigenvalue weighted by atomic mass is 10.2. The second kappa shape index (κ2) is 6.50. The van der Waals surface area contributed by atoms with Crippen molar-refractivity contribution >= 4 is 45.6 Å². The zero-order chi connectivity index (χ0) is 13.7. The maximum Gasteiger partial charge on any atom is 0.305 e. The lowest BCUT2D eigenvalue weighted by Gasteiger charge is -2.12. The van der Waals surface area contributed by atoms with Gasteiger partial charge in [0.2, 0.25) is 5.12 Å². The van der Waals surface area contributed by atoms with E-state index < -0.39 is 29.5 Å². The number of rotatable bonds is 5. The molecule has 0 saturated heterocycles. The Kier molecular flexibility index (Phi) is 5.29. The van der Waals surface area contributed by atoms with Crippen LogP contribution in [0.15, 0.2) is 22.9 Å². The van der Waals surface area contributed by atoms with Crippen molar-refractivity contribution in [1.29, 1.82) is 0 Å². The molecule has 0 fully saturated rings. The minimum Gasteiger partial charge on any atom is -0.481 e. The van der Waals surface area contributed by atoms with Crippen molar-refractivity contribution in [3.63, 3.8) is 0 Å². The number of aromatic nitrogens is 1. The van der Waals surface area contributed by atoms with E-state index in [1.54, 1.807) is 0 Å². The van der Waals surface area contributed by atoms with Crippen molar-refractivity contribution in [1.82, 2.24) is 10.3 Å². The Bertz CT molecular complexity index is 495. The van der Waals surface area contributed by atoms with Gasteiger partial charge in [0.25, 0.3) is 5.91 Å². The number of pyridine rings is 1. The second-order valence-electron chi connectivity index (χ2n) is 3.35. The highest BCUT2D eigenvalue weighted by Gasteiger charge is 2.21. The molecule has 0 aliphatic carbocycles. The molecule has 96 valence electrons. The van der Waals surface area contributed by atoms with Crippen LogP contribution in [0, 0.1) is 0 Å². The highest BCUT2D eigenvalue weighted by Crippen LogP contribution is 2.10. The van der Waals surface area contributed by atoms with Gasteiger partial charge in [0.15, 0.2) is 0 Å². The Balaban J connectivity index is 2.78. The lowest BCUT2D eigenvalue weighted by molar-refractivity contribution is -0.138. The van der Waals surface area contributed by atoms with Crippen LogP contribution in [-0.2, 0) is 9.59 Å². The van der Waals surface area contributed by atoms with E-state index in [0.717, 1.165) is 0 Å². The van der Waals surface area contributed by atoms with E-state index >= 15 is 0 Å². The summed E-state index contributed by atoms with van der Waals surface area (Å²) >= 11 is 6.68. The monoisotopic (exact) mass is 332 g/mol. The molecule has 1 rings (SSSR count). The molecule has 1 heterocycles. The summed E-state index contributed by atoms with van der Waals surface area (Å²) in [6.45, 7) is 0. The Hall–Kier alpha value is -1.41. The van der Waals surface area contributed by atoms with Gasteiger partial charge in [-0.05, 0) is 22.0 Å². The molecule has 8 heteroatoms. The predicted octanol–water partition coefficient (Wildman–Crippen LogP) is 0.874. The summed E-state index contributed by atoms with van der Waals surface area (Å²) in [7, 11) is 0. The summed E-state index contributed by atoms with van der Waals surface area (Å²) in [6.07, 6.45) is 2.28. The van der Waals surface area contributed by atoms with E-state index in [9.17, 15) is 14.4 Å². The third-order valence-electron chi connectivity index (χ3n) is 1.95. The molecule has 0 spiro atoms. The van der Waals surface area contributed by atoms with Crippen LogP contribution in [0.25, 0.3) is 0 Å². The molecular formula is C10H9BrN2O4S. The Morgan fingerprint density at radius 3 is 2.61 bits per heavy atom. The summed E-state index contributed by atoms with van der Waals surface area (Å²) in [4.78, 5) is 37.1. The van der Waals surface area contributed by atoms with Gasteiger partial charge in [-0.1, -0.05) is 0 Å². The highest BCUT2D eigenvalue weighted by molar-refractivity contribution is 9.10. The van der Waals surface area contributed by atoms with Crippen LogP contribution >= 0.6 is 28.6 Å². The third-order valence-corrected chi connectivity index (χ3v) is 2.69. The Morgan fingerprint density at radius 1 is 1.44 bits per heavy atom. The Morgan fingerprint density at radius 2 is 2.11 bits per heavy atom. The first kappa shape index (κ1) is 14.7. The number of carbonyl (C=O) groups excluding carboxylic acids is 2. The number of hydrogen-bond acceptors (Lipinski definition) is 4. The van der Waals surface area contributed by atoms with E-state index in [0.29, 0.717) is 4.47 Å². The molecular weight excluding hydrogens is 324 g/mol. The minimum atomic E-state index is -1.20. The molecule has 1 amide bonds. The summed E-state index contributed by atoms with van der Waals surface area (Å²) in [5, 5.41) is 10.2. The zero-order valence-electron chi connectivity index (χ0n) is 8.96. The van der Waals surface area contributed by atoms with E-state index in [1.807, 2.05) is 0 Å². The summed E-state index contributed by atoms with van der Waals surface area (Å²) in [6, 6.07) is 0.334. The van der Waals surface area contributed by atoms with Crippen LogP contribution in [0.2, 0.25) is 0 Å². The van der Waals surface area contributed by atoms with Gasteiger partial charge < -0.3 is 10.4 Å². The van der Waals surface area contributed by atoms with Crippen LogP contribution in [0.4, 0.5) is 0 Å². The largest absolute Gasteiger partial charge is 0.481 e. The van der Waals surface area contributed by atoms with Crippen LogP contribution in [0.5, 0.6) is 0 Å². The number of nitrogens with zero attached hydrogens (tertiary/aromatic N) is 1. The third kappa shape index (κ3) is 4.46. The summed E-state index contributed by atoms with van der Waals surface area (Å²) in [5.74, 6) is -1.78. The van der Waals surface area contributed by atoms with Crippen molar-refractivity contribution in [3.8, 4) is 0 Å². The summed E-state index contributed by atoms with van der Waals surface area (Å²) < 4.78 is 0.599. The number of nitrogens with one attached hydrogen (secondary N) is 1. The number of amides is 1. The standard InChI is InChI=1S/C10H9BrN2O4S/c11-6-1-5(3-12-4-6)9(16)13-7(10(17)18)2-8(14)15/h1,3-4,7H,2H2,(H,13,16)(H,14,15)(H,17,18)/t7-/m0/s1. The molecule has 2 N–H and O–H groups in total. The second-order valence-corrected chi connectivity index (χ2v) is 4.71. The van der Waals surface area contributed by atoms with Crippen molar-refractivity contribution in [2.45, 2.75) is 12.5 Å². The average Bonchev–Trinajstić information content (AvgIpc) is 2.27. The molecule has 0 bridgehead atoms. The number of carbonyl (C=O) groups is 3. The van der Waals surface area contributed by atoms with Gasteiger partial charge in [0.05, 0.1) is 12.0 Å². The molecule has 0 aromatic carbocycles. The molecule has 1 aromatic heterocycles. The first-order chi connectivity index (χ1) is 8.40. The molecule has 0 saturated carbocycles. The van der Waals surface area contributed by atoms with Gasteiger partial charge in [0, 0.05) is 16.9 Å². The molecule has 0 aliphatic heterocycles. The van der Waals surface area contributed by atoms with Gasteiger partial charge in [-0.25, -0.2) is 0 Å². The zero-order valence-corrected chi connectivity index (χ0v) is 11.4. The summed E-state index contributed by atoms with van der Waals surface area (Å²) in [5.41, 5.74) is 0.217. The maximum atomic E-state index is 11.7. The first-order valence-corrected chi connectivity index (χ1v) is 6.00. The number of halogens is 1. The van der Waals surface area contributed by atoms with Gasteiger partial charge in [-0.15, -0.1) is 12.6 Å². The van der Waals surface area contributed by atoms with Crippen LogP contribution in [-0.4, -0.2) is 33.1 Å². The van der Waals surface area contributed by atoms with E-state index in [2.05, 4.69) is 38.9 Å².